The van der Waals surface area contributed by atoms with Crippen molar-refractivity contribution in [2.45, 2.75) is 19.1 Å². The van der Waals surface area contributed by atoms with Crippen molar-refractivity contribution in [3.05, 3.63) is 125 Å². The molecule has 1 atom stereocenters. The lowest BCUT2D eigenvalue weighted by atomic mass is 10.1. The monoisotopic (exact) mass is 525 g/mol. The average Bonchev–Trinajstić information content (AvgIpc) is 3.24. The minimum atomic E-state index is -0.976. The second-order valence-electron chi connectivity index (χ2n) is 8.46. The van der Waals surface area contributed by atoms with E-state index in [2.05, 4.69) is 75.1 Å². The normalized spacial score (nSPS) is 11.9. The maximum atomic E-state index is 11.8. The number of carboxylic acid groups (broad SMARTS) is 1. The van der Waals surface area contributed by atoms with Crippen LogP contribution in [0.4, 0.5) is 0 Å². The van der Waals surface area contributed by atoms with Gasteiger partial charge >= 0.3 is 5.97 Å². The highest BCUT2D eigenvalue weighted by Gasteiger charge is 2.20. The summed E-state index contributed by atoms with van der Waals surface area (Å²) in [6.07, 6.45) is -0.634. The highest BCUT2D eigenvalue weighted by molar-refractivity contribution is 9.10. The van der Waals surface area contributed by atoms with Crippen molar-refractivity contribution in [3.63, 3.8) is 0 Å². The maximum absolute atomic E-state index is 11.8. The largest absolute Gasteiger partial charge is 0.478 e. The molecule has 1 N–H and O–H groups in total. The van der Waals surface area contributed by atoms with Gasteiger partial charge in [-0.2, -0.15) is 0 Å². The molecular formula is C30H24BrNO3. The Hall–Kier alpha value is -3.83. The molecule has 0 aliphatic heterocycles. The van der Waals surface area contributed by atoms with Crippen molar-refractivity contribution >= 4 is 32.8 Å². The van der Waals surface area contributed by atoms with Crippen LogP contribution in [0.15, 0.2) is 114 Å². The van der Waals surface area contributed by atoms with E-state index in [1.165, 1.54) is 10.9 Å². The quantitative estimate of drug-likeness (QED) is 0.233. The molecule has 5 aromatic rings. The number of aliphatic carboxylic acids is 1. The van der Waals surface area contributed by atoms with Gasteiger partial charge in [0.1, 0.15) is 5.75 Å². The third-order valence-corrected chi connectivity index (χ3v) is 6.56. The average molecular weight is 526 g/mol. The van der Waals surface area contributed by atoms with E-state index in [1.54, 1.807) is 0 Å². The molecule has 0 saturated carbocycles. The molecule has 4 nitrogen and oxygen atoms in total. The van der Waals surface area contributed by atoms with Crippen molar-refractivity contribution in [1.82, 2.24) is 4.57 Å². The third-order valence-electron chi connectivity index (χ3n) is 6.03. The van der Waals surface area contributed by atoms with E-state index in [0.29, 0.717) is 18.7 Å². The second-order valence-corrected chi connectivity index (χ2v) is 9.38. The number of carbonyl (C=O) groups is 1. The lowest BCUT2D eigenvalue weighted by molar-refractivity contribution is -0.145. The Kier molecular flexibility index (Phi) is 6.68. The van der Waals surface area contributed by atoms with Gasteiger partial charge in [-0.3, -0.25) is 0 Å². The fraction of sp³-hybridized carbons (Fsp3) is 0.100. The topological polar surface area (TPSA) is 51.5 Å². The number of halogens is 1. The first kappa shape index (κ1) is 22.9. The van der Waals surface area contributed by atoms with Crippen LogP contribution >= 0.6 is 15.9 Å². The van der Waals surface area contributed by atoms with E-state index in [4.69, 9.17) is 4.74 Å². The van der Waals surface area contributed by atoms with Gasteiger partial charge in [0.15, 0.2) is 6.10 Å². The van der Waals surface area contributed by atoms with Crippen LogP contribution in [0.1, 0.15) is 11.1 Å². The van der Waals surface area contributed by atoms with Gasteiger partial charge < -0.3 is 14.4 Å². The molecule has 0 spiro atoms. The number of para-hydroxylation sites is 1. The van der Waals surface area contributed by atoms with E-state index in [0.717, 1.165) is 26.9 Å². The number of carboxylic acids is 1. The number of ether oxygens (including phenoxy) is 1. The molecule has 35 heavy (non-hydrogen) atoms. The van der Waals surface area contributed by atoms with Crippen LogP contribution in [0.25, 0.3) is 22.2 Å². The zero-order chi connectivity index (χ0) is 24.2. The standard InChI is InChI=1S/C30H24BrNO3/c31-25-14-12-23(13-15-25)28-19-24-8-4-5-9-27(24)32(28)20-22-10-16-26(17-11-22)35-29(30(33)34)18-21-6-2-1-3-7-21/h1-17,19,29H,18,20H2,(H,33,34)/t29-/m1/s1. The number of rotatable bonds is 8. The molecule has 0 bridgehead atoms. The Bertz CT molecular complexity index is 1440. The molecule has 0 saturated heterocycles. The zero-order valence-electron chi connectivity index (χ0n) is 19.0. The SMILES string of the molecule is O=C(O)[C@@H](Cc1ccccc1)Oc1ccc(Cn2c(-c3ccc(Br)cc3)cc3ccccc32)cc1. The molecule has 5 heteroatoms. The molecule has 0 amide bonds. The van der Waals surface area contributed by atoms with Crippen molar-refractivity contribution in [2.24, 2.45) is 0 Å². The number of benzene rings is 4. The Labute approximate surface area is 212 Å². The summed E-state index contributed by atoms with van der Waals surface area (Å²) in [6.45, 7) is 0.686. The molecule has 4 aromatic carbocycles. The van der Waals surface area contributed by atoms with Gasteiger partial charge in [0.2, 0.25) is 0 Å². The molecule has 0 fully saturated rings. The van der Waals surface area contributed by atoms with Gasteiger partial charge in [-0.25, -0.2) is 4.79 Å². The molecule has 0 unspecified atom stereocenters. The second kappa shape index (κ2) is 10.2. The van der Waals surface area contributed by atoms with E-state index < -0.39 is 12.1 Å². The number of hydrogen-bond donors (Lipinski definition) is 1. The smallest absolute Gasteiger partial charge is 0.345 e. The molecule has 0 radical (unpaired) electrons. The summed E-state index contributed by atoms with van der Waals surface area (Å²) < 4.78 is 9.19. The van der Waals surface area contributed by atoms with Gasteiger partial charge in [0.25, 0.3) is 0 Å². The predicted molar refractivity (Wildman–Crippen MR) is 143 cm³/mol. The summed E-state index contributed by atoms with van der Waals surface area (Å²) in [7, 11) is 0. The summed E-state index contributed by atoms with van der Waals surface area (Å²) in [5, 5.41) is 10.8. The van der Waals surface area contributed by atoms with Crippen LogP contribution in [0.5, 0.6) is 5.75 Å². The fourth-order valence-electron chi connectivity index (χ4n) is 4.27. The van der Waals surface area contributed by atoms with Crippen LogP contribution in [-0.2, 0) is 17.8 Å². The maximum Gasteiger partial charge on any atom is 0.345 e. The van der Waals surface area contributed by atoms with Crippen molar-refractivity contribution in [3.8, 4) is 17.0 Å². The Morgan fingerprint density at radius 2 is 1.51 bits per heavy atom. The van der Waals surface area contributed by atoms with E-state index in [9.17, 15) is 9.90 Å². The van der Waals surface area contributed by atoms with Gasteiger partial charge in [-0.05, 0) is 53.1 Å². The first-order valence-electron chi connectivity index (χ1n) is 11.4. The van der Waals surface area contributed by atoms with Crippen molar-refractivity contribution in [1.29, 1.82) is 0 Å². The summed E-state index contributed by atoms with van der Waals surface area (Å²) >= 11 is 3.52. The summed E-state index contributed by atoms with van der Waals surface area (Å²) in [5.74, 6) is -0.432. The molecule has 1 aromatic heterocycles. The fourth-order valence-corrected chi connectivity index (χ4v) is 4.53. The van der Waals surface area contributed by atoms with Gasteiger partial charge in [-0.15, -0.1) is 0 Å². The van der Waals surface area contributed by atoms with Crippen LogP contribution in [0, 0.1) is 0 Å². The lowest BCUT2D eigenvalue weighted by Crippen LogP contribution is -2.29. The minimum absolute atomic E-state index is 0.309. The summed E-state index contributed by atoms with van der Waals surface area (Å²) in [6, 6.07) is 36.2. The molecular weight excluding hydrogens is 502 g/mol. The van der Waals surface area contributed by atoms with Gasteiger partial charge in [-0.1, -0.05) is 88.7 Å². The van der Waals surface area contributed by atoms with E-state index >= 15 is 0 Å². The number of nitrogens with zero attached hydrogens (tertiary/aromatic N) is 1. The summed E-state index contributed by atoms with van der Waals surface area (Å²) in [5.41, 5.74) is 5.49. The first-order valence-corrected chi connectivity index (χ1v) is 12.2. The molecule has 5 rings (SSSR count). The number of fused-ring (bicyclic) bond motifs is 1. The van der Waals surface area contributed by atoms with Crippen LogP contribution in [0.3, 0.4) is 0 Å². The first-order chi connectivity index (χ1) is 17.1. The Balaban J connectivity index is 1.38. The zero-order valence-corrected chi connectivity index (χ0v) is 20.6. The minimum Gasteiger partial charge on any atom is -0.478 e. The number of hydrogen-bond acceptors (Lipinski definition) is 2. The van der Waals surface area contributed by atoms with E-state index in [-0.39, 0.29) is 0 Å². The van der Waals surface area contributed by atoms with E-state index in [1.807, 2.05) is 54.6 Å². The van der Waals surface area contributed by atoms with Crippen molar-refractivity contribution in [2.75, 3.05) is 0 Å². The van der Waals surface area contributed by atoms with Gasteiger partial charge in [0, 0.05) is 34.0 Å². The van der Waals surface area contributed by atoms with Crippen LogP contribution in [-0.4, -0.2) is 21.7 Å². The molecule has 0 aliphatic rings. The van der Waals surface area contributed by atoms with Crippen LogP contribution < -0.4 is 4.74 Å². The van der Waals surface area contributed by atoms with Gasteiger partial charge in [0.05, 0.1) is 0 Å². The summed E-state index contributed by atoms with van der Waals surface area (Å²) in [4.78, 5) is 11.8. The molecule has 0 aliphatic carbocycles. The molecule has 174 valence electrons. The Morgan fingerprint density at radius 3 is 2.23 bits per heavy atom. The highest BCUT2D eigenvalue weighted by atomic mass is 79.9. The Morgan fingerprint density at radius 1 is 0.829 bits per heavy atom. The lowest BCUT2D eigenvalue weighted by Gasteiger charge is -2.16. The van der Waals surface area contributed by atoms with Crippen LogP contribution in [0.2, 0.25) is 0 Å². The van der Waals surface area contributed by atoms with Crippen molar-refractivity contribution < 1.29 is 14.6 Å². The molecule has 1 heterocycles. The highest BCUT2D eigenvalue weighted by Crippen LogP contribution is 2.30. The predicted octanol–water partition coefficient (Wildman–Crippen LogP) is 7.19. The third kappa shape index (κ3) is 5.31. The number of aromatic nitrogens is 1.